The van der Waals surface area contributed by atoms with Crippen LogP contribution in [0, 0.1) is 0 Å². The fourth-order valence-corrected chi connectivity index (χ4v) is 2.25. The Balaban J connectivity index is 2.56. The van der Waals surface area contributed by atoms with Crippen molar-refractivity contribution in [2.75, 3.05) is 19.7 Å². The fraction of sp³-hybridized carbons (Fsp3) is 1.00. The zero-order valence-corrected chi connectivity index (χ0v) is 9.88. The third kappa shape index (κ3) is 2.69. The summed E-state index contributed by atoms with van der Waals surface area (Å²) in [5.74, 6) is 0. The second-order valence-corrected chi connectivity index (χ2v) is 5.05. The van der Waals surface area contributed by atoms with Crippen LogP contribution in [-0.4, -0.2) is 47.3 Å². The summed E-state index contributed by atoms with van der Waals surface area (Å²) in [4.78, 5) is 2.42. The smallest absolute Gasteiger partial charge is 0.0626 e. The molecular formula is C11H24N2O. The summed E-state index contributed by atoms with van der Waals surface area (Å²) in [6.07, 6.45) is 1.06. The fourth-order valence-electron chi connectivity index (χ4n) is 2.25. The van der Waals surface area contributed by atoms with Gasteiger partial charge in [0, 0.05) is 25.2 Å². The highest BCUT2D eigenvalue weighted by atomic mass is 16.3. The maximum absolute atomic E-state index is 9.48. The normalized spacial score (nSPS) is 29.4. The van der Waals surface area contributed by atoms with Gasteiger partial charge in [-0.25, -0.2) is 0 Å². The third-order valence-electron chi connectivity index (χ3n) is 3.01. The molecule has 1 atom stereocenters. The van der Waals surface area contributed by atoms with Crippen LogP contribution in [0.2, 0.25) is 0 Å². The summed E-state index contributed by atoms with van der Waals surface area (Å²) >= 11 is 0. The number of hydrogen-bond acceptors (Lipinski definition) is 3. The Labute approximate surface area is 87.5 Å². The van der Waals surface area contributed by atoms with Gasteiger partial charge in [-0.1, -0.05) is 13.8 Å². The van der Waals surface area contributed by atoms with Gasteiger partial charge in [-0.3, -0.25) is 4.90 Å². The van der Waals surface area contributed by atoms with Crippen molar-refractivity contribution in [1.29, 1.82) is 0 Å². The molecule has 0 aromatic rings. The van der Waals surface area contributed by atoms with Gasteiger partial charge in [-0.05, 0) is 20.3 Å². The van der Waals surface area contributed by atoms with E-state index in [1.54, 1.807) is 0 Å². The summed E-state index contributed by atoms with van der Waals surface area (Å²) < 4.78 is 0. The third-order valence-corrected chi connectivity index (χ3v) is 3.01. The number of nitrogens with zero attached hydrogens (tertiary/aromatic N) is 1. The molecule has 1 rings (SSSR count). The average Bonchev–Trinajstić information content (AvgIpc) is 2.49. The van der Waals surface area contributed by atoms with E-state index < -0.39 is 0 Å². The topological polar surface area (TPSA) is 35.5 Å². The molecule has 1 unspecified atom stereocenters. The molecule has 14 heavy (non-hydrogen) atoms. The van der Waals surface area contributed by atoms with Gasteiger partial charge in [0.1, 0.15) is 0 Å². The number of rotatable bonds is 4. The van der Waals surface area contributed by atoms with E-state index in [0.29, 0.717) is 12.1 Å². The quantitative estimate of drug-likeness (QED) is 0.705. The minimum atomic E-state index is -0.0571. The first-order chi connectivity index (χ1) is 6.49. The molecule has 3 heteroatoms. The molecule has 1 fully saturated rings. The Morgan fingerprint density at radius 1 is 1.36 bits per heavy atom. The predicted molar refractivity (Wildman–Crippen MR) is 59.4 cm³/mol. The minimum absolute atomic E-state index is 0.0571. The van der Waals surface area contributed by atoms with Crippen LogP contribution in [0.1, 0.15) is 34.1 Å². The van der Waals surface area contributed by atoms with Gasteiger partial charge < -0.3 is 10.4 Å². The largest absolute Gasteiger partial charge is 0.394 e. The molecule has 1 heterocycles. The second-order valence-electron chi connectivity index (χ2n) is 5.05. The Morgan fingerprint density at radius 2 is 2.00 bits per heavy atom. The van der Waals surface area contributed by atoms with E-state index in [9.17, 15) is 5.11 Å². The van der Waals surface area contributed by atoms with E-state index >= 15 is 0 Å². The predicted octanol–water partition coefficient (Wildman–Crippen LogP) is 0.830. The Kier molecular flexibility index (Phi) is 3.93. The molecule has 0 aromatic carbocycles. The molecule has 1 aliphatic heterocycles. The van der Waals surface area contributed by atoms with Crippen LogP contribution in [0.25, 0.3) is 0 Å². The molecule has 0 saturated carbocycles. The van der Waals surface area contributed by atoms with Crippen LogP contribution < -0.4 is 5.32 Å². The zero-order valence-electron chi connectivity index (χ0n) is 9.88. The summed E-state index contributed by atoms with van der Waals surface area (Å²) in [6.45, 7) is 11.0. The highest BCUT2D eigenvalue weighted by Gasteiger charge is 2.38. The lowest BCUT2D eigenvalue weighted by Crippen LogP contribution is -2.53. The summed E-state index contributed by atoms with van der Waals surface area (Å²) in [5.41, 5.74) is -0.0571. The lowest BCUT2D eigenvalue weighted by molar-refractivity contribution is 0.145. The summed E-state index contributed by atoms with van der Waals surface area (Å²) in [7, 11) is 0. The van der Waals surface area contributed by atoms with Gasteiger partial charge in [-0.2, -0.15) is 0 Å². The number of likely N-dealkylation sites (tertiary alicyclic amines) is 1. The Morgan fingerprint density at radius 3 is 2.36 bits per heavy atom. The highest BCUT2D eigenvalue weighted by Crippen LogP contribution is 2.23. The number of aliphatic hydroxyl groups excluding tert-OH is 1. The molecule has 3 nitrogen and oxygen atoms in total. The lowest BCUT2D eigenvalue weighted by Gasteiger charge is -2.31. The molecular weight excluding hydrogens is 176 g/mol. The molecule has 0 aromatic heterocycles. The van der Waals surface area contributed by atoms with Gasteiger partial charge in [0.05, 0.1) is 12.1 Å². The van der Waals surface area contributed by atoms with Crippen LogP contribution in [0.4, 0.5) is 0 Å². The van der Waals surface area contributed by atoms with Crippen LogP contribution in [0.15, 0.2) is 0 Å². The molecule has 0 bridgehead atoms. The number of hydrogen-bond donors (Lipinski definition) is 2. The van der Waals surface area contributed by atoms with Crippen molar-refractivity contribution in [3.63, 3.8) is 0 Å². The van der Waals surface area contributed by atoms with E-state index in [0.717, 1.165) is 19.5 Å². The van der Waals surface area contributed by atoms with Crippen molar-refractivity contribution in [2.45, 2.75) is 51.7 Å². The maximum Gasteiger partial charge on any atom is 0.0626 e. The minimum Gasteiger partial charge on any atom is -0.394 e. The molecule has 0 spiro atoms. The SMILES string of the molecule is CC(C)NC1(CO)CCN(C(C)C)C1. The van der Waals surface area contributed by atoms with E-state index in [1.807, 2.05) is 0 Å². The molecule has 2 N–H and O–H groups in total. The van der Waals surface area contributed by atoms with Crippen LogP contribution in [-0.2, 0) is 0 Å². The average molecular weight is 200 g/mol. The Hall–Kier alpha value is -0.120. The highest BCUT2D eigenvalue weighted by molar-refractivity contribution is 4.98. The summed E-state index contributed by atoms with van der Waals surface area (Å²) in [5, 5.41) is 13.0. The lowest BCUT2D eigenvalue weighted by atomic mass is 9.99. The van der Waals surface area contributed by atoms with Crippen molar-refractivity contribution in [2.24, 2.45) is 0 Å². The first kappa shape index (κ1) is 12.0. The van der Waals surface area contributed by atoms with Gasteiger partial charge in [-0.15, -0.1) is 0 Å². The van der Waals surface area contributed by atoms with Crippen molar-refractivity contribution >= 4 is 0 Å². The molecule has 84 valence electrons. The molecule has 0 radical (unpaired) electrons. The van der Waals surface area contributed by atoms with Crippen LogP contribution in [0.5, 0.6) is 0 Å². The van der Waals surface area contributed by atoms with E-state index in [1.165, 1.54) is 0 Å². The molecule has 1 aliphatic rings. The van der Waals surface area contributed by atoms with Gasteiger partial charge in [0.15, 0.2) is 0 Å². The van der Waals surface area contributed by atoms with E-state index in [-0.39, 0.29) is 12.1 Å². The van der Waals surface area contributed by atoms with E-state index in [2.05, 4.69) is 37.9 Å². The van der Waals surface area contributed by atoms with Crippen LogP contribution >= 0.6 is 0 Å². The summed E-state index contributed by atoms with van der Waals surface area (Å²) in [6, 6.07) is 1.02. The Bertz CT molecular complexity index is 182. The van der Waals surface area contributed by atoms with Crippen molar-refractivity contribution in [1.82, 2.24) is 10.2 Å². The maximum atomic E-state index is 9.48. The first-order valence-electron chi connectivity index (χ1n) is 5.62. The van der Waals surface area contributed by atoms with Crippen LogP contribution in [0.3, 0.4) is 0 Å². The number of nitrogens with one attached hydrogen (secondary N) is 1. The van der Waals surface area contributed by atoms with Gasteiger partial charge in [0.25, 0.3) is 0 Å². The molecule has 0 amide bonds. The van der Waals surface area contributed by atoms with Crippen molar-refractivity contribution < 1.29 is 5.11 Å². The second kappa shape index (κ2) is 4.60. The molecule has 0 aliphatic carbocycles. The van der Waals surface area contributed by atoms with Crippen molar-refractivity contribution in [3.05, 3.63) is 0 Å². The standard InChI is InChI=1S/C11H24N2O/c1-9(2)12-11(8-14)5-6-13(7-11)10(3)4/h9-10,12,14H,5-8H2,1-4H3. The molecule has 1 saturated heterocycles. The monoisotopic (exact) mass is 200 g/mol. The zero-order chi connectivity index (χ0) is 10.8. The van der Waals surface area contributed by atoms with E-state index in [4.69, 9.17) is 0 Å². The number of aliphatic hydroxyl groups is 1. The van der Waals surface area contributed by atoms with Gasteiger partial charge in [0.2, 0.25) is 0 Å². The van der Waals surface area contributed by atoms with Crippen molar-refractivity contribution in [3.8, 4) is 0 Å². The van der Waals surface area contributed by atoms with Gasteiger partial charge >= 0.3 is 0 Å². The first-order valence-corrected chi connectivity index (χ1v) is 5.62.